The van der Waals surface area contributed by atoms with Gasteiger partial charge in [0.1, 0.15) is 16.9 Å². The number of Topliss-reactive ketones (excluding diaryl/α,β-unsaturated/α-hetero) is 1. The summed E-state index contributed by atoms with van der Waals surface area (Å²) in [6, 6.07) is 4.46. The van der Waals surface area contributed by atoms with Crippen LogP contribution in [-0.2, 0) is 21.4 Å². The van der Waals surface area contributed by atoms with E-state index in [2.05, 4.69) is 32.9 Å². The van der Waals surface area contributed by atoms with Crippen LogP contribution < -0.4 is 4.74 Å². The van der Waals surface area contributed by atoms with Crippen molar-refractivity contribution in [3.05, 3.63) is 40.0 Å². The highest BCUT2D eigenvalue weighted by molar-refractivity contribution is 6.03. The molecule has 27 heavy (non-hydrogen) atoms. The minimum absolute atomic E-state index is 0.0824. The van der Waals surface area contributed by atoms with Gasteiger partial charge in [-0.2, -0.15) is 0 Å². The van der Waals surface area contributed by atoms with E-state index >= 15 is 0 Å². The highest BCUT2D eigenvalue weighted by Gasteiger charge is 2.63. The summed E-state index contributed by atoms with van der Waals surface area (Å²) in [5.41, 5.74) is 5.58. The Balaban J connectivity index is 1.44. The molecular weight excluding hydrogens is 336 g/mol. The molecule has 1 aliphatic heterocycles. The van der Waals surface area contributed by atoms with Crippen LogP contribution in [0.2, 0.25) is 0 Å². The highest BCUT2D eigenvalue weighted by Crippen LogP contribution is 2.63. The summed E-state index contributed by atoms with van der Waals surface area (Å²) in [6.07, 6.45) is 6.17. The molecule has 1 aromatic rings. The Morgan fingerprint density at radius 3 is 2.56 bits per heavy atom. The molecular formula is C24H26O3. The van der Waals surface area contributed by atoms with E-state index in [0.29, 0.717) is 23.5 Å². The molecule has 0 aromatic heterocycles. The van der Waals surface area contributed by atoms with Gasteiger partial charge in [0.15, 0.2) is 0 Å². The van der Waals surface area contributed by atoms with Crippen molar-refractivity contribution in [3.8, 4) is 5.75 Å². The van der Waals surface area contributed by atoms with Gasteiger partial charge in [-0.25, -0.2) is 4.79 Å². The van der Waals surface area contributed by atoms with Crippen LogP contribution >= 0.6 is 0 Å². The van der Waals surface area contributed by atoms with Gasteiger partial charge >= 0.3 is 5.97 Å². The Kier molecular flexibility index (Phi) is 2.82. The standard InChI is InChI=1S/C24H26O3/c1-12-13(2)24(12)19-11-17-14(10-20(19)27-22(24)26)4-5-16-15(17)8-9-23(3)18(16)6-7-21(23)25/h10-11,15-16,18H,4-9H2,1-3H3. The van der Waals surface area contributed by atoms with E-state index in [1.54, 1.807) is 0 Å². The second-order valence-electron chi connectivity index (χ2n) is 9.77. The third kappa shape index (κ3) is 1.66. The van der Waals surface area contributed by atoms with E-state index < -0.39 is 5.41 Å². The van der Waals surface area contributed by atoms with E-state index in [1.165, 1.54) is 17.5 Å². The average molecular weight is 362 g/mol. The van der Waals surface area contributed by atoms with Gasteiger partial charge in [0.2, 0.25) is 0 Å². The number of fused-ring (bicyclic) bond motifs is 7. The monoisotopic (exact) mass is 362 g/mol. The topological polar surface area (TPSA) is 43.4 Å². The first-order valence-electron chi connectivity index (χ1n) is 10.5. The van der Waals surface area contributed by atoms with Crippen LogP contribution in [0.15, 0.2) is 23.3 Å². The molecule has 0 saturated heterocycles. The minimum Gasteiger partial charge on any atom is -0.425 e. The zero-order chi connectivity index (χ0) is 18.7. The number of hydrogen-bond donors (Lipinski definition) is 0. The van der Waals surface area contributed by atoms with E-state index in [-0.39, 0.29) is 11.4 Å². The largest absolute Gasteiger partial charge is 0.425 e. The number of aryl methyl sites for hydroxylation is 1. The van der Waals surface area contributed by atoms with Crippen LogP contribution in [-0.4, -0.2) is 11.8 Å². The molecule has 0 bridgehead atoms. The van der Waals surface area contributed by atoms with Crippen molar-refractivity contribution in [1.29, 1.82) is 0 Å². The lowest BCUT2D eigenvalue weighted by molar-refractivity contribution is -0.134. The fraction of sp³-hybridized carbons (Fsp3) is 0.583. The molecule has 3 nitrogen and oxygen atoms in total. The first-order chi connectivity index (χ1) is 12.9. The molecule has 0 N–H and O–H groups in total. The van der Waals surface area contributed by atoms with Gasteiger partial charge in [-0.05, 0) is 98.1 Å². The van der Waals surface area contributed by atoms with Crippen molar-refractivity contribution < 1.29 is 14.3 Å². The van der Waals surface area contributed by atoms with Gasteiger partial charge in [0, 0.05) is 17.4 Å². The maximum atomic E-state index is 12.7. The lowest BCUT2D eigenvalue weighted by atomic mass is 9.55. The third-order valence-electron chi connectivity index (χ3n) is 9.07. The Morgan fingerprint density at radius 1 is 1.04 bits per heavy atom. The lowest BCUT2D eigenvalue weighted by Crippen LogP contribution is -2.42. The van der Waals surface area contributed by atoms with E-state index in [9.17, 15) is 9.59 Å². The van der Waals surface area contributed by atoms with Gasteiger partial charge in [-0.3, -0.25) is 4.79 Å². The fourth-order valence-corrected chi connectivity index (χ4v) is 7.31. The molecule has 5 aliphatic rings. The van der Waals surface area contributed by atoms with Crippen LogP contribution in [0.3, 0.4) is 0 Å². The van der Waals surface area contributed by atoms with Crippen molar-refractivity contribution in [2.75, 3.05) is 0 Å². The van der Waals surface area contributed by atoms with Gasteiger partial charge in [-0.1, -0.05) is 6.92 Å². The first kappa shape index (κ1) is 16.1. The maximum absolute atomic E-state index is 12.7. The van der Waals surface area contributed by atoms with E-state index in [1.807, 2.05) is 0 Å². The van der Waals surface area contributed by atoms with Gasteiger partial charge < -0.3 is 4.74 Å². The van der Waals surface area contributed by atoms with Gasteiger partial charge in [-0.15, -0.1) is 0 Å². The van der Waals surface area contributed by atoms with Gasteiger partial charge in [0.05, 0.1) is 0 Å². The lowest BCUT2D eigenvalue weighted by Gasteiger charge is -2.48. The predicted molar refractivity (Wildman–Crippen MR) is 102 cm³/mol. The molecule has 2 saturated carbocycles. The zero-order valence-corrected chi connectivity index (χ0v) is 16.4. The molecule has 1 heterocycles. The number of ketones is 1. The molecule has 1 aromatic carbocycles. The number of hydrogen-bond acceptors (Lipinski definition) is 3. The number of ether oxygens (including phenoxy) is 1. The summed E-state index contributed by atoms with van der Waals surface area (Å²) in [7, 11) is 0. The number of rotatable bonds is 0. The predicted octanol–water partition coefficient (Wildman–Crippen LogP) is 4.62. The first-order valence-corrected chi connectivity index (χ1v) is 10.5. The van der Waals surface area contributed by atoms with Crippen LogP contribution in [0.25, 0.3) is 0 Å². The summed E-state index contributed by atoms with van der Waals surface area (Å²) in [5, 5.41) is 0. The Hall–Kier alpha value is -1.90. The van der Waals surface area contributed by atoms with Gasteiger partial charge in [0.25, 0.3) is 0 Å². The van der Waals surface area contributed by atoms with E-state index in [4.69, 9.17) is 4.74 Å². The summed E-state index contributed by atoms with van der Waals surface area (Å²) < 4.78 is 5.70. The van der Waals surface area contributed by atoms with Crippen LogP contribution in [0.1, 0.15) is 75.5 Å². The number of benzene rings is 1. The zero-order valence-electron chi connectivity index (χ0n) is 16.4. The van der Waals surface area contributed by atoms with Crippen LogP contribution in [0.5, 0.6) is 5.75 Å². The van der Waals surface area contributed by atoms with Crippen molar-refractivity contribution in [3.63, 3.8) is 0 Å². The highest BCUT2D eigenvalue weighted by atomic mass is 16.5. The maximum Gasteiger partial charge on any atom is 0.330 e. The van der Waals surface area contributed by atoms with Crippen molar-refractivity contribution in [1.82, 2.24) is 0 Å². The van der Waals surface area contributed by atoms with Crippen molar-refractivity contribution >= 4 is 11.8 Å². The number of carbonyl (C=O) groups is 2. The Labute approximate surface area is 160 Å². The molecule has 1 spiro atoms. The fourth-order valence-electron chi connectivity index (χ4n) is 7.31. The molecule has 0 amide bonds. The van der Waals surface area contributed by atoms with E-state index in [0.717, 1.165) is 54.6 Å². The summed E-state index contributed by atoms with van der Waals surface area (Å²) in [4.78, 5) is 25.2. The average Bonchev–Trinajstić information content (AvgIpc) is 2.92. The molecule has 2 fully saturated rings. The second-order valence-corrected chi connectivity index (χ2v) is 9.77. The Morgan fingerprint density at radius 2 is 1.81 bits per heavy atom. The molecule has 4 unspecified atom stereocenters. The molecule has 140 valence electrons. The van der Waals surface area contributed by atoms with Crippen molar-refractivity contribution in [2.24, 2.45) is 17.3 Å². The summed E-state index contributed by atoms with van der Waals surface area (Å²) >= 11 is 0. The minimum atomic E-state index is -0.552. The molecule has 4 aliphatic carbocycles. The van der Waals surface area contributed by atoms with Crippen LogP contribution in [0.4, 0.5) is 0 Å². The Bertz CT molecular complexity index is 956. The summed E-state index contributed by atoms with van der Waals surface area (Å²) in [6.45, 7) is 6.35. The molecule has 0 radical (unpaired) electrons. The molecule has 3 heteroatoms. The number of carbonyl (C=O) groups excluding carboxylic acids is 2. The van der Waals surface area contributed by atoms with Crippen molar-refractivity contribution in [2.45, 2.75) is 70.6 Å². The molecule has 4 atom stereocenters. The smallest absolute Gasteiger partial charge is 0.330 e. The summed E-state index contributed by atoms with van der Waals surface area (Å²) in [5.74, 6) is 2.87. The number of esters is 1. The normalized spacial score (nSPS) is 37.7. The second kappa shape index (κ2) is 4.74. The molecule has 6 rings (SSSR count). The third-order valence-corrected chi connectivity index (χ3v) is 9.07. The SMILES string of the molecule is CC1=C(C)C12C(=O)Oc1cc3c(cc12)C1CCC2(C)C(=O)CCC2C1CC3. The van der Waals surface area contributed by atoms with Crippen LogP contribution in [0, 0.1) is 17.3 Å². The quantitative estimate of drug-likeness (QED) is 0.384.